The Labute approximate surface area is 265 Å². The van der Waals surface area contributed by atoms with Crippen LogP contribution in [0.25, 0.3) is 11.4 Å². The minimum Gasteiger partial charge on any atom is -0.475 e. The van der Waals surface area contributed by atoms with E-state index in [0.29, 0.717) is 25.1 Å². The molecule has 0 radical (unpaired) electrons. The SMILES string of the molecule is O=C(N[C@H]1CCCCC/C=C\[C@@H]2C[C@@]2(C(=O)C(=O)O)NC(=O)[C@@H]2C[C@@H](n3nnc(-c4ccccc4)n3)CN2C1=O)OC1CCCC1. The number of ketones is 1. The number of aliphatic carboxylic acids is 1. The summed E-state index contributed by atoms with van der Waals surface area (Å²) in [7, 11) is 0. The van der Waals surface area contributed by atoms with Gasteiger partial charge in [-0.2, -0.15) is 4.80 Å². The second-order valence-electron chi connectivity index (χ2n) is 12.7. The average Bonchev–Trinajstić information content (AvgIpc) is 3.53. The van der Waals surface area contributed by atoms with Crippen LogP contribution in [0.15, 0.2) is 42.5 Å². The number of hydrogen-bond donors (Lipinski definition) is 3. The summed E-state index contributed by atoms with van der Waals surface area (Å²) in [5.41, 5.74) is -0.830. The summed E-state index contributed by atoms with van der Waals surface area (Å²) in [5, 5.41) is 28.0. The predicted molar refractivity (Wildman–Crippen MR) is 162 cm³/mol. The highest BCUT2D eigenvalue weighted by Gasteiger charge is 2.62. The van der Waals surface area contributed by atoms with E-state index in [2.05, 4.69) is 26.0 Å². The number of rotatable bonds is 6. The molecule has 6 rings (SSSR count). The molecule has 3 amide bonds. The molecular formula is C32H39N7O7. The van der Waals surface area contributed by atoms with E-state index in [1.54, 1.807) is 6.08 Å². The molecule has 1 saturated heterocycles. The number of hydrogen-bond acceptors (Lipinski definition) is 9. The standard InChI is InChI=1S/C32H39N7O7/c40-26(30(43)44)32-18-21(32)13-7-2-1-3-8-16-24(33-31(45)46-23-14-9-10-15-23)29(42)38-19-22(17-25(38)28(41)34-32)39-36-27(35-37-39)20-11-5-4-6-12-20/h4-7,11-13,21-25H,1-3,8-10,14-19H2,(H,33,45)(H,34,41)(H,43,44)/b13-7-/t21-,22-,24+,25+,32-/m1/s1. The quantitative estimate of drug-likeness (QED) is 0.315. The number of amides is 3. The van der Waals surface area contributed by atoms with Crippen LogP contribution in [0.1, 0.15) is 76.7 Å². The lowest BCUT2D eigenvalue weighted by molar-refractivity contribution is -0.151. The van der Waals surface area contributed by atoms with E-state index >= 15 is 0 Å². The van der Waals surface area contributed by atoms with Crippen molar-refractivity contribution >= 4 is 29.7 Å². The minimum atomic E-state index is -1.63. The highest BCUT2D eigenvalue weighted by atomic mass is 16.6. The van der Waals surface area contributed by atoms with Crippen molar-refractivity contribution in [3.05, 3.63) is 42.5 Å². The van der Waals surface area contributed by atoms with Crippen LogP contribution in [0.5, 0.6) is 0 Å². The lowest BCUT2D eigenvalue weighted by Crippen LogP contribution is -2.57. The van der Waals surface area contributed by atoms with Gasteiger partial charge in [-0.1, -0.05) is 55.3 Å². The van der Waals surface area contributed by atoms with Crippen molar-refractivity contribution in [1.29, 1.82) is 0 Å². The molecule has 2 aliphatic carbocycles. The molecule has 244 valence electrons. The minimum absolute atomic E-state index is 0.0422. The summed E-state index contributed by atoms with van der Waals surface area (Å²) < 4.78 is 5.60. The number of benzene rings is 1. The zero-order valence-electron chi connectivity index (χ0n) is 25.5. The van der Waals surface area contributed by atoms with Crippen LogP contribution in [-0.4, -0.2) is 90.1 Å². The third kappa shape index (κ3) is 6.65. The van der Waals surface area contributed by atoms with Crippen LogP contribution in [0.2, 0.25) is 0 Å². The maximum Gasteiger partial charge on any atom is 0.408 e. The van der Waals surface area contributed by atoms with Gasteiger partial charge in [-0.15, -0.1) is 10.2 Å². The Morgan fingerprint density at radius 2 is 1.78 bits per heavy atom. The summed E-state index contributed by atoms with van der Waals surface area (Å²) in [4.78, 5) is 68.6. The third-order valence-electron chi connectivity index (χ3n) is 9.51. The molecule has 3 heterocycles. The molecule has 2 aliphatic heterocycles. The van der Waals surface area contributed by atoms with Crippen LogP contribution >= 0.6 is 0 Å². The Morgan fingerprint density at radius 1 is 1.02 bits per heavy atom. The number of Topliss-reactive ketones (excluding diaryl/α,β-unsaturated/α-hetero) is 1. The normalized spacial score (nSPS) is 29.4. The Kier molecular flexibility index (Phi) is 9.13. The summed E-state index contributed by atoms with van der Waals surface area (Å²) in [6.45, 7) is 0.0422. The summed E-state index contributed by atoms with van der Waals surface area (Å²) in [5.74, 6) is -3.91. The summed E-state index contributed by atoms with van der Waals surface area (Å²) in [6.07, 6.45) is 9.92. The van der Waals surface area contributed by atoms with E-state index in [-0.39, 0.29) is 25.5 Å². The molecule has 14 heteroatoms. The number of carboxylic acid groups (broad SMARTS) is 1. The van der Waals surface area contributed by atoms with Gasteiger partial charge in [0, 0.05) is 24.4 Å². The predicted octanol–water partition coefficient (Wildman–Crippen LogP) is 2.57. The summed E-state index contributed by atoms with van der Waals surface area (Å²) >= 11 is 0. The first-order chi connectivity index (χ1) is 22.2. The van der Waals surface area contributed by atoms with Gasteiger partial charge >= 0.3 is 12.1 Å². The van der Waals surface area contributed by atoms with Gasteiger partial charge in [-0.25, -0.2) is 9.59 Å². The van der Waals surface area contributed by atoms with Gasteiger partial charge < -0.3 is 25.4 Å². The maximum atomic E-state index is 14.2. The van der Waals surface area contributed by atoms with Gasteiger partial charge in [0.25, 0.3) is 5.78 Å². The first-order valence-electron chi connectivity index (χ1n) is 16.1. The van der Waals surface area contributed by atoms with Crippen molar-refractivity contribution in [2.24, 2.45) is 5.92 Å². The molecule has 46 heavy (non-hydrogen) atoms. The molecule has 2 saturated carbocycles. The van der Waals surface area contributed by atoms with Crippen molar-refractivity contribution in [2.45, 2.75) is 100 Å². The monoisotopic (exact) mass is 633 g/mol. The molecule has 0 bridgehead atoms. The van der Waals surface area contributed by atoms with Gasteiger partial charge in [0.15, 0.2) is 0 Å². The van der Waals surface area contributed by atoms with Crippen molar-refractivity contribution in [1.82, 2.24) is 35.7 Å². The number of tetrazole rings is 1. The van der Waals surface area contributed by atoms with Gasteiger partial charge in [-0.3, -0.25) is 14.4 Å². The van der Waals surface area contributed by atoms with Gasteiger partial charge in [0.1, 0.15) is 23.7 Å². The number of aromatic nitrogens is 4. The van der Waals surface area contributed by atoms with Crippen molar-refractivity contribution < 1.29 is 33.8 Å². The van der Waals surface area contributed by atoms with Crippen molar-refractivity contribution in [3.63, 3.8) is 0 Å². The number of allylic oxidation sites excluding steroid dienone is 1. The molecule has 14 nitrogen and oxygen atoms in total. The first-order valence-corrected chi connectivity index (χ1v) is 16.1. The molecular weight excluding hydrogens is 594 g/mol. The molecule has 0 unspecified atom stereocenters. The van der Waals surface area contributed by atoms with Gasteiger partial charge in [0.05, 0.1) is 6.04 Å². The first kappa shape index (κ1) is 31.4. The third-order valence-corrected chi connectivity index (χ3v) is 9.51. The summed E-state index contributed by atoms with van der Waals surface area (Å²) in [6, 6.07) is 6.69. The Balaban J connectivity index is 1.29. The van der Waals surface area contributed by atoms with E-state index in [1.165, 1.54) is 9.70 Å². The fourth-order valence-electron chi connectivity index (χ4n) is 6.87. The Hall–Kier alpha value is -4.62. The van der Waals surface area contributed by atoms with E-state index in [1.807, 2.05) is 36.4 Å². The largest absolute Gasteiger partial charge is 0.475 e. The van der Waals surface area contributed by atoms with E-state index in [9.17, 15) is 29.1 Å². The number of carbonyl (C=O) groups is 5. The number of carboxylic acids is 1. The van der Waals surface area contributed by atoms with E-state index in [4.69, 9.17) is 4.74 Å². The molecule has 5 atom stereocenters. The lowest BCUT2D eigenvalue weighted by atomic mass is 10.0. The van der Waals surface area contributed by atoms with Crippen LogP contribution in [0.3, 0.4) is 0 Å². The zero-order chi connectivity index (χ0) is 32.3. The second kappa shape index (κ2) is 13.4. The Bertz CT molecular complexity index is 1500. The van der Waals surface area contributed by atoms with Gasteiger partial charge in [-0.05, 0) is 56.6 Å². The molecule has 3 fully saturated rings. The molecule has 4 aliphatic rings. The van der Waals surface area contributed by atoms with Crippen LogP contribution in [0.4, 0.5) is 4.79 Å². The molecule has 3 N–H and O–H groups in total. The number of carbonyl (C=O) groups excluding carboxylic acids is 4. The maximum absolute atomic E-state index is 14.2. The van der Waals surface area contributed by atoms with Crippen LogP contribution in [0, 0.1) is 5.92 Å². The Morgan fingerprint density at radius 3 is 2.54 bits per heavy atom. The number of alkyl carbamates (subject to hydrolysis) is 1. The van der Waals surface area contributed by atoms with E-state index < -0.39 is 59.2 Å². The van der Waals surface area contributed by atoms with E-state index in [0.717, 1.165) is 44.1 Å². The van der Waals surface area contributed by atoms with Crippen LogP contribution < -0.4 is 10.6 Å². The zero-order valence-corrected chi connectivity index (χ0v) is 25.5. The second-order valence-corrected chi connectivity index (χ2v) is 12.7. The van der Waals surface area contributed by atoms with Crippen molar-refractivity contribution in [3.8, 4) is 11.4 Å². The smallest absolute Gasteiger partial charge is 0.408 e. The van der Waals surface area contributed by atoms with Crippen molar-refractivity contribution in [2.75, 3.05) is 6.54 Å². The fraction of sp³-hybridized carbons (Fsp3) is 0.562. The highest BCUT2D eigenvalue weighted by Crippen LogP contribution is 2.46. The topological polar surface area (TPSA) is 186 Å². The molecule has 2 aromatic rings. The molecule has 0 spiro atoms. The van der Waals surface area contributed by atoms with Gasteiger partial charge in [0.2, 0.25) is 17.6 Å². The lowest BCUT2D eigenvalue weighted by Gasteiger charge is -2.29. The number of nitrogens with one attached hydrogen (secondary N) is 2. The number of ether oxygens (including phenoxy) is 1. The number of fused-ring (bicyclic) bond motifs is 2. The molecule has 1 aromatic heterocycles. The highest BCUT2D eigenvalue weighted by molar-refractivity contribution is 6.38. The van der Waals surface area contributed by atoms with Crippen LogP contribution in [-0.2, 0) is 23.9 Å². The average molecular weight is 634 g/mol. The number of nitrogens with zero attached hydrogens (tertiary/aromatic N) is 5. The fourth-order valence-corrected chi connectivity index (χ4v) is 6.87. The molecule has 1 aromatic carbocycles.